The summed E-state index contributed by atoms with van der Waals surface area (Å²) in [6, 6.07) is 1.99. The van der Waals surface area contributed by atoms with E-state index in [4.69, 9.17) is 11.0 Å². The number of hydrogen-bond donors (Lipinski definition) is 1. The summed E-state index contributed by atoms with van der Waals surface area (Å²) in [5.74, 6) is -2.00. The van der Waals surface area contributed by atoms with Gasteiger partial charge in [-0.1, -0.05) is 0 Å². The summed E-state index contributed by atoms with van der Waals surface area (Å²) in [5, 5.41) is 10.1. The van der Waals surface area contributed by atoms with Gasteiger partial charge >= 0.3 is 5.97 Å². The molecule has 0 aliphatic carbocycles. The van der Waals surface area contributed by atoms with Gasteiger partial charge in [0, 0.05) is 6.07 Å². The Bertz CT molecular complexity index is 484. The molecule has 0 aromatic heterocycles. The van der Waals surface area contributed by atoms with Crippen LogP contribution >= 0.6 is 11.8 Å². The van der Waals surface area contributed by atoms with Crippen molar-refractivity contribution in [3.05, 3.63) is 17.9 Å². The van der Waals surface area contributed by atoms with Crippen molar-refractivity contribution in [3.8, 4) is 11.2 Å². The molecule has 0 fully saturated rings. The van der Waals surface area contributed by atoms with E-state index in [-0.39, 0.29) is 22.6 Å². The molecular weight excluding hydrogens is 235 g/mol. The van der Waals surface area contributed by atoms with Crippen LogP contribution in [0.4, 0.5) is 10.1 Å². The number of carbonyl (C=O) groups excluding carboxylic acids is 2. The highest BCUT2D eigenvalue weighted by Crippen LogP contribution is 2.32. The van der Waals surface area contributed by atoms with E-state index in [1.807, 2.05) is 0 Å². The lowest BCUT2D eigenvalue weighted by Gasteiger charge is -2.06. The van der Waals surface area contributed by atoms with Crippen molar-refractivity contribution in [1.82, 2.24) is 0 Å². The average Bonchev–Trinajstić information content (AvgIpc) is 2.25. The molecule has 16 heavy (non-hydrogen) atoms. The van der Waals surface area contributed by atoms with Crippen LogP contribution in [0.3, 0.4) is 0 Å². The number of anilines is 1. The first-order chi connectivity index (χ1) is 7.58. The number of aldehydes is 1. The minimum Gasteiger partial charge on any atom is -0.420 e. The van der Waals surface area contributed by atoms with Crippen LogP contribution in [0.5, 0.6) is 5.75 Å². The number of thioether (sulfide) groups is 1. The normalized spacial score (nSPS) is 9.25. The number of carbonyl (C=O) groups is 2. The minimum atomic E-state index is -1.15. The van der Waals surface area contributed by atoms with Crippen molar-refractivity contribution in [2.75, 3.05) is 5.73 Å². The quantitative estimate of drug-likeness (QED) is 0.162. The van der Waals surface area contributed by atoms with Gasteiger partial charge < -0.3 is 10.5 Å². The first-order valence-corrected chi connectivity index (χ1v) is 4.72. The third-order valence-electron chi connectivity index (χ3n) is 1.53. The molecule has 1 aromatic carbocycles. The summed E-state index contributed by atoms with van der Waals surface area (Å²) in [4.78, 5) is 20.9. The molecule has 82 valence electrons. The summed E-state index contributed by atoms with van der Waals surface area (Å²) >= 11 is 0.594. The van der Waals surface area contributed by atoms with Gasteiger partial charge in [0.2, 0.25) is 6.29 Å². The second-order valence-corrected chi connectivity index (χ2v) is 3.38. The largest absolute Gasteiger partial charge is 0.420 e. The Kier molecular flexibility index (Phi) is 3.85. The van der Waals surface area contributed by atoms with Crippen LogP contribution in [0.1, 0.15) is 0 Å². The molecule has 0 unspecified atom stereocenters. The van der Waals surface area contributed by atoms with Crippen LogP contribution in [0.2, 0.25) is 0 Å². The smallest absolute Gasteiger partial charge is 0.376 e. The van der Waals surface area contributed by atoms with E-state index in [1.54, 1.807) is 5.40 Å². The number of hydrogen-bond acceptors (Lipinski definition) is 6. The minimum absolute atomic E-state index is 0.0413. The van der Waals surface area contributed by atoms with E-state index in [0.29, 0.717) is 11.8 Å². The summed E-state index contributed by atoms with van der Waals surface area (Å²) in [6.45, 7) is 0. The molecule has 5 nitrogen and oxygen atoms in total. The predicted octanol–water partition coefficient (Wildman–Crippen LogP) is 1.09. The maximum Gasteiger partial charge on any atom is 0.376 e. The van der Waals surface area contributed by atoms with Crippen LogP contribution in [-0.2, 0) is 9.59 Å². The lowest BCUT2D eigenvalue weighted by Crippen LogP contribution is -2.09. The van der Waals surface area contributed by atoms with Crippen LogP contribution in [0.25, 0.3) is 0 Å². The van der Waals surface area contributed by atoms with Crippen LogP contribution < -0.4 is 10.5 Å². The third kappa shape index (κ3) is 2.71. The number of nitrogens with two attached hydrogens (primary N) is 1. The molecular formula is C9H5FN2O3S. The fraction of sp³-hybridized carbons (Fsp3) is 0. The van der Waals surface area contributed by atoms with E-state index in [1.165, 1.54) is 0 Å². The van der Waals surface area contributed by atoms with E-state index in [9.17, 15) is 14.0 Å². The second kappa shape index (κ2) is 5.14. The molecule has 0 aliphatic heterocycles. The number of ether oxygens (including phenoxy) is 1. The second-order valence-electron chi connectivity index (χ2n) is 2.55. The molecule has 0 heterocycles. The van der Waals surface area contributed by atoms with Gasteiger partial charge in [-0.2, -0.15) is 5.26 Å². The lowest BCUT2D eigenvalue weighted by atomic mass is 10.3. The van der Waals surface area contributed by atoms with Gasteiger partial charge in [0.1, 0.15) is 17.0 Å². The Labute approximate surface area is 94.0 Å². The molecule has 0 aliphatic rings. The molecule has 0 radical (unpaired) electrons. The number of rotatable bonds is 3. The van der Waals surface area contributed by atoms with Crippen molar-refractivity contribution >= 4 is 29.7 Å². The molecule has 1 rings (SSSR count). The van der Waals surface area contributed by atoms with E-state index < -0.39 is 11.8 Å². The molecule has 0 spiro atoms. The zero-order chi connectivity index (χ0) is 12.1. The van der Waals surface area contributed by atoms with E-state index in [0.717, 1.165) is 12.1 Å². The molecule has 7 heteroatoms. The Hall–Kier alpha value is -2.07. The number of thiocyanates is 1. The average molecular weight is 240 g/mol. The predicted molar refractivity (Wildman–Crippen MR) is 54.0 cm³/mol. The van der Waals surface area contributed by atoms with Crippen molar-refractivity contribution in [2.45, 2.75) is 4.90 Å². The van der Waals surface area contributed by atoms with Gasteiger partial charge in [0.25, 0.3) is 0 Å². The molecule has 0 saturated heterocycles. The molecule has 0 atom stereocenters. The number of benzene rings is 1. The Morgan fingerprint density at radius 3 is 2.88 bits per heavy atom. The fourth-order valence-electron chi connectivity index (χ4n) is 0.892. The van der Waals surface area contributed by atoms with Crippen molar-refractivity contribution < 1.29 is 18.7 Å². The molecule has 0 saturated carbocycles. The summed E-state index contributed by atoms with van der Waals surface area (Å²) in [7, 11) is 0. The van der Waals surface area contributed by atoms with Crippen LogP contribution in [-0.4, -0.2) is 12.3 Å². The van der Waals surface area contributed by atoms with Gasteiger partial charge in [-0.25, -0.2) is 9.18 Å². The van der Waals surface area contributed by atoms with Crippen molar-refractivity contribution in [2.24, 2.45) is 0 Å². The third-order valence-corrected chi connectivity index (χ3v) is 2.16. The SMILES string of the molecule is N#CSc1cc(F)c(N)cc1OC(=O)C=O. The molecule has 2 N–H and O–H groups in total. The molecule has 0 amide bonds. The van der Waals surface area contributed by atoms with Gasteiger partial charge in [0.05, 0.1) is 10.6 Å². The number of nitriles is 1. The molecule has 1 aromatic rings. The summed E-state index contributed by atoms with van der Waals surface area (Å²) < 4.78 is 17.6. The first-order valence-electron chi connectivity index (χ1n) is 3.90. The van der Waals surface area contributed by atoms with Gasteiger partial charge in [-0.05, 0) is 17.8 Å². The fourth-order valence-corrected chi connectivity index (χ4v) is 1.35. The van der Waals surface area contributed by atoms with Gasteiger partial charge in [-0.15, -0.1) is 0 Å². The number of nitrogen functional groups attached to an aromatic ring is 1. The van der Waals surface area contributed by atoms with Crippen LogP contribution in [0.15, 0.2) is 17.0 Å². The Morgan fingerprint density at radius 2 is 2.31 bits per heavy atom. The standard InChI is InChI=1S/C9H5FN2O3S/c10-5-1-8(16-4-11)7(2-6(5)12)15-9(14)3-13/h1-3H,12H2. The van der Waals surface area contributed by atoms with E-state index in [2.05, 4.69) is 4.74 Å². The van der Waals surface area contributed by atoms with Crippen LogP contribution in [0, 0.1) is 16.5 Å². The summed E-state index contributed by atoms with van der Waals surface area (Å²) in [6.07, 6.45) is -0.0413. The van der Waals surface area contributed by atoms with Crippen molar-refractivity contribution in [1.29, 1.82) is 5.26 Å². The highest BCUT2D eigenvalue weighted by Gasteiger charge is 2.13. The van der Waals surface area contributed by atoms with Crippen molar-refractivity contribution in [3.63, 3.8) is 0 Å². The van der Waals surface area contributed by atoms with Gasteiger partial charge in [0.15, 0.2) is 0 Å². The van der Waals surface area contributed by atoms with E-state index >= 15 is 0 Å². The highest BCUT2D eigenvalue weighted by atomic mass is 32.2. The highest BCUT2D eigenvalue weighted by molar-refractivity contribution is 8.03. The number of halogens is 1. The lowest BCUT2D eigenvalue weighted by molar-refractivity contribution is -0.141. The zero-order valence-electron chi connectivity index (χ0n) is 7.77. The number of esters is 1. The Morgan fingerprint density at radius 1 is 1.62 bits per heavy atom. The summed E-state index contributed by atoms with van der Waals surface area (Å²) in [5.41, 5.74) is 5.02. The monoisotopic (exact) mass is 240 g/mol. The molecule has 0 bridgehead atoms. The van der Waals surface area contributed by atoms with Gasteiger partial charge in [-0.3, -0.25) is 4.79 Å². The zero-order valence-corrected chi connectivity index (χ0v) is 8.58. The maximum atomic E-state index is 13.0. The first kappa shape index (κ1) is 12.0. The topological polar surface area (TPSA) is 93.2 Å². The number of nitrogens with zero attached hydrogens (tertiary/aromatic N) is 1. The maximum absolute atomic E-state index is 13.0. The Balaban J connectivity index is 3.14.